The molecular formula is C14H20N4. The van der Waals surface area contributed by atoms with Gasteiger partial charge in [0.25, 0.3) is 0 Å². The molecule has 0 radical (unpaired) electrons. The summed E-state index contributed by atoms with van der Waals surface area (Å²) >= 11 is 0. The lowest BCUT2D eigenvalue weighted by atomic mass is 9.87. The van der Waals surface area contributed by atoms with Crippen molar-refractivity contribution >= 4 is 5.82 Å². The van der Waals surface area contributed by atoms with Crippen LogP contribution in [0.5, 0.6) is 0 Å². The lowest BCUT2D eigenvalue weighted by Gasteiger charge is -2.28. The van der Waals surface area contributed by atoms with Gasteiger partial charge in [0.1, 0.15) is 11.6 Å². The van der Waals surface area contributed by atoms with E-state index in [4.69, 9.17) is 0 Å². The Labute approximate surface area is 108 Å². The van der Waals surface area contributed by atoms with Crippen LogP contribution >= 0.6 is 0 Å². The van der Waals surface area contributed by atoms with Crippen LogP contribution in [0.15, 0.2) is 0 Å². The number of hydrogen-bond acceptors (Lipinski definition) is 4. The fourth-order valence-electron chi connectivity index (χ4n) is 2.61. The molecular weight excluding hydrogens is 224 g/mol. The molecule has 0 saturated heterocycles. The van der Waals surface area contributed by atoms with Gasteiger partial charge in [0, 0.05) is 6.04 Å². The highest BCUT2D eigenvalue weighted by Gasteiger charge is 2.35. The van der Waals surface area contributed by atoms with Crippen LogP contribution in [0.3, 0.4) is 0 Å². The molecule has 0 bridgehead atoms. The molecule has 0 aromatic carbocycles. The van der Waals surface area contributed by atoms with E-state index in [0.717, 1.165) is 17.7 Å². The molecule has 1 fully saturated rings. The second-order valence-electron chi connectivity index (χ2n) is 5.82. The van der Waals surface area contributed by atoms with Crippen LogP contribution in [0.1, 0.15) is 49.9 Å². The molecule has 1 saturated carbocycles. The van der Waals surface area contributed by atoms with E-state index < -0.39 is 0 Å². The average molecular weight is 244 g/mol. The topological polar surface area (TPSA) is 61.6 Å². The van der Waals surface area contributed by atoms with Crippen LogP contribution in [0.25, 0.3) is 0 Å². The third kappa shape index (κ3) is 2.17. The van der Waals surface area contributed by atoms with Crippen molar-refractivity contribution in [2.75, 3.05) is 5.32 Å². The van der Waals surface area contributed by atoms with Crippen LogP contribution < -0.4 is 5.32 Å². The largest absolute Gasteiger partial charge is 0.364 e. The predicted octanol–water partition coefficient (Wildman–Crippen LogP) is 2.96. The molecule has 0 spiro atoms. The molecule has 0 aliphatic heterocycles. The van der Waals surface area contributed by atoms with E-state index in [1.165, 1.54) is 12.8 Å². The van der Waals surface area contributed by atoms with Gasteiger partial charge in [-0.1, -0.05) is 20.3 Å². The van der Waals surface area contributed by atoms with Crippen LogP contribution in [0.4, 0.5) is 5.82 Å². The van der Waals surface area contributed by atoms with E-state index in [2.05, 4.69) is 35.4 Å². The van der Waals surface area contributed by atoms with Crippen LogP contribution in [-0.4, -0.2) is 16.2 Å². The lowest BCUT2D eigenvalue weighted by Crippen LogP contribution is -2.31. The first-order chi connectivity index (χ1) is 8.45. The number of anilines is 1. The Morgan fingerprint density at radius 3 is 2.61 bits per heavy atom. The van der Waals surface area contributed by atoms with Gasteiger partial charge in [-0.05, 0) is 37.7 Å². The molecule has 1 aromatic rings. The quantitative estimate of drug-likeness (QED) is 0.868. The number of nitriles is 1. The molecule has 1 aliphatic carbocycles. The number of nitrogens with one attached hydrogen (secondary N) is 1. The number of nitrogens with zero attached hydrogens (tertiary/aromatic N) is 3. The number of aromatic nitrogens is 2. The third-order valence-corrected chi connectivity index (χ3v) is 4.13. The van der Waals surface area contributed by atoms with Gasteiger partial charge in [0.2, 0.25) is 0 Å². The van der Waals surface area contributed by atoms with Crippen molar-refractivity contribution < 1.29 is 0 Å². The highest BCUT2D eigenvalue weighted by atomic mass is 15.2. The van der Waals surface area contributed by atoms with Crippen molar-refractivity contribution in [1.82, 2.24) is 10.2 Å². The monoisotopic (exact) mass is 244 g/mol. The second-order valence-corrected chi connectivity index (χ2v) is 5.82. The van der Waals surface area contributed by atoms with Gasteiger partial charge >= 0.3 is 0 Å². The van der Waals surface area contributed by atoms with E-state index >= 15 is 0 Å². The maximum absolute atomic E-state index is 9.27. The standard InChI is InChI=1S/C14H20N4/c1-9-10(2)17-18-13(11(9)8-15)16-12-6-5-7-14(12,3)4/h12H,5-7H2,1-4H3,(H,16,18). The predicted molar refractivity (Wildman–Crippen MR) is 71.3 cm³/mol. The zero-order valence-corrected chi connectivity index (χ0v) is 11.5. The summed E-state index contributed by atoms with van der Waals surface area (Å²) in [5.74, 6) is 0.639. The van der Waals surface area contributed by atoms with Crippen molar-refractivity contribution in [3.05, 3.63) is 16.8 Å². The summed E-state index contributed by atoms with van der Waals surface area (Å²) in [7, 11) is 0. The van der Waals surface area contributed by atoms with Gasteiger partial charge in [-0.15, -0.1) is 5.10 Å². The first-order valence-corrected chi connectivity index (χ1v) is 6.46. The second kappa shape index (κ2) is 4.56. The summed E-state index contributed by atoms with van der Waals surface area (Å²) < 4.78 is 0. The van der Waals surface area contributed by atoms with Gasteiger partial charge in [-0.25, -0.2) is 0 Å². The fraction of sp³-hybridized carbons (Fsp3) is 0.643. The minimum atomic E-state index is 0.257. The molecule has 4 nitrogen and oxygen atoms in total. The first kappa shape index (κ1) is 12.8. The summed E-state index contributed by atoms with van der Waals surface area (Å²) in [4.78, 5) is 0. The average Bonchev–Trinajstić information content (AvgIpc) is 2.64. The SMILES string of the molecule is Cc1nnc(NC2CCCC2(C)C)c(C#N)c1C. The summed E-state index contributed by atoms with van der Waals surface area (Å²) in [6.07, 6.45) is 3.57. The van der Waals surface area contributed by atoms with E-state index in [9.17, 15) is 5.26 Å². The van der Waals surface area contributed by atoms with Crippen molar-refractivity contribution in [3.63, 3.8) is 0 Å². The van der Waals surface area contributed by atoms with Crippen molar-refractivity contribution in [2.45, 2.75) is 53.0 Å². The molecule has 4 heteroatoms. The Morgan fingerprint density at radius 1 is 1.33 bits per heavy atom. The van der Waals surface area contributed by atoms with Gasteiger partial charge < -0.3 is 5.32 Å². The molecule has 1 unspecified atom stereocenters. The minimum Gasteiger partial charge on any atom is -0.364 e. The highest BCUT2D eigenvalue weighted by Crippen LogP contribution is 2.39. The molecule has 1 atom stereocenters. The summed E-state index contributed by atoms with van der Waals surface area (Å²) in [6.45, 7) is 8.33. The molecule has 0 amide bonds. The summed E-state index contributed by atoms with van der Waals surface area (Å²) in [5.41, 5.74) is 2.63. The van der Waals surface area contributed by atoms with Crippen LogP contribution in [-0.2, 0) is 0 Å². The lowest BCUT2D eigenvalue weighted by molar-refractivity contribution is 0.349. The molecule has 1 aromatic heterocycles. The van der Waals surface area contributed by atoms with Crippen LogP contribution in [0.2, 0.25) is 0 Å². The first-order valence-electron chi connectivity index (χ1n) is 6.46. The van der Waals surface area contributed by atoms with Crippen molar-refractivity contribution in [2.24, 2.45) is 5.41 Å². The van der Waals surface area contributed by atoms with E-state index in [1.54, 1.807) is 0 Å². The number of aryl methyl sites for hydroxylation is 1. The van der Waals surface area contributed by atoms with E-state index in [-0.39, 0.29) is 5.41 Å². The molecule has 1 N–H and O–H groups in total. The van der Waals surface area contributed by atoms with E-state index in [0.29, 0.717) is 17.4 Å². The summed E-state index contributed by atoms with van der Waals surface area (Å²) in [6, 6.07) is 2.62. The Morgan fingerprint density at radius 2 is 2.06 bits per heavy atom. The maximum atomic E-state index is 9.27. The normalized spacial score (nSPS) is 21.6. The zero-order valence-electron chi connectivity index (χ0n) is 11.5. The van der Waals surface area contributed by atoms with Crippen molar-refractivity contribution in [1.29, 1.82) is 5.26 Å². The Kier molecular flexibility index (Phi) is 3.25. The minimum absolute atomic E-state index is 0.257. The molecule has 1 heterocycles. The Hall–Kier alpha value is -1.63. The number of rotatable bonds is 2. The molecule has 1 aliphatic rings. The molecule has 96 valence electrons. The van der Waals surface area contributed by atoms with Gasteiger partial charge in [-0.3, -0.25) is 0 Å². The van der Waals surface area contributed by atoms with E-state index in [1.807, 2.05) is 13.8 Å². The maximum Gasteiger partial charge on any atom is 0.167 e. The van der Waals surface area contributed by atoms with Crippen molar-refractivity contribution in [3.8, 4) is 6.07 Å². The molecule has 2 rings (SSSR count). The summed E-state index contributed by atoms with van der Waals surface area (Å²) in [5, 5.41) is 21.0. The number of hydrogen-bond donors (Lipinski definition) is 1. The third-order valence-electron chi connectivity index (χ3n) is 4.13. The van der Waals surface area contributed by atoms with Gasteiger partial charge in [0.15, 0.2) is 5.82 Å². The highest BCUT2D eigenvalue weighted by molar-refractivity contribution is 5.56. The zero-order chi connectivity index (χ0) is 13.3. The van der Waals surface area contributed by atoms with Gasteiger partial charge in [-0.2, -0.15) is 10.4 Å². The Balaban J connectivity index is 2.31. The Bertz CT molecular complexity index is 499. The van der Waals surface area contributed by atoms with Crippen LogP contribution in [0, 0.1) is 30.6 Å². The smallest absolute Gasteiger partial charge is 0.167 e. The fourth-order valence-corrected chi connectivity index (χ4v) is 2.61. The molecule has 18 heavy (non-hydrogen) atoms. The van der Waals surface area contributed by atoms with Gasteiger partial charge in [0.05, 0.1) is 5.69 Å².